The molecule has 5 heteroatoms. The minimum absolute atomic E-state index is 0.147. The van der Waals surface area contributed by atoms with Gasteiger partial charge in [0.2, 0.25) is 5.95 Å². The van der Waals surface area contributed by atoms with Crippen molar-refractivity contribution in [2.75, 3.05) is 10.6 Å². The van der Waals surface area contributed by atoms with Gasteiger partial charge in [-0.3, -0.25) is 4.79 Å². The zero-order valence-corrected chi connectivity index (χ0v) is 16.6. The number of carbonyl (C=O) groups excluding carboxylic acids is 1. The molecule has 1 amide bonds. The largest absolute Gasteiger partial charge is 0.324 e. The first-order chi connectivity index (χ1) is 13.5. The molecule has 0 atom stereocenters. The number of carbonyl (C=O) groups is 1. The third-order valence-corrected chi connectivity index (χ3v) is 4.39. The molecule has 0 aliphatic rings. The highest BCUT2D eigenvalue weighted by molar-refractivity contribution is 6.04. The highest BCUT2D eigenvalue weighted by Crippen LogP contribution is 2.18. The Bertz CT molecular complexity index is 931. The molecule has 28 heavy (non-hydrogen) atoms. The number of nitrogens with zero attached hydrogens (tertiary/aromatic N) is 2. The van der Waals surface area contributed by atoms with Gasteiger partial charge >= 0.3 is 0 Å². The number of aryl methyl sites for hydroxylation is 3. The van der Waals surface area contributed by atoms with E-state index in [1.165, 1.54) is 18.4 Å². The second-order valence-corrected chi connectivity index (χ2v) is 6.93. The van der Waals surface area contributed by atoms with Crippen molar-refractivity contribution in [2.24, 2.45) is 0 Å². The van der Waals surface area contributed by atoms with Crippen molar-refractivity contribution in [1.29, 1.82) is 0 Å². The lowest BCUT2D eigenvalue weighted by Gasteiger charge is -2.10. The van der Waals surface area contributed by atoms with Crippen LogP contribution in [0.15, 0.2) is 54.6 Å². The van der Waals surface area contributed by atoms with Gasteiger partial charge in [0, 0.05) is 28.3 Å². The van der Waals surface area contributed by atoms with Crippen LogP contribution in [0.2, 0.25) is 0 Å². The summed E-state index contributed by atoms with van der Waals surface area (Å²) in [6.07, 6.45) is 3.42. The predicted molar refractivity (Wildman–Crippen MR) is 114 cm³/mol. The number of unbranched alkanes of at least 4 members (excludes halogenated alkanes) is 1. The van der Waals surface area contributed by atoms with Gasteiger partial charge in [0.1, 0.15) is 0 Å². The van der Waals surface area contributed by atoms with E-state index in [9.17, 15) is 4.79 Å². The summed E-state index contributed by atoms with van der Waals surface area (Å²) in [5.41, 5.74) is 5.22. The number of hydrogen-bond donors (Lipinski definition) is 2. The van der Waals surface area contributed by atoms with E-state index in [2.05, 4.69) is 39.7 Å². The quantitative estimate of drug-likeness (QED) is 0.578. The number of amides is 1. The van der Waals surface area contributed by atoms with Crippen LogP contribution in [0.1, 0.15) is 47.1 Å². The molecule has 1 heterocycles. The molecule has 0 radical (unpaired) electrons. The van der Waals surface area contributed by atoms with Crippen molar-refractivity contribution in [3.8, 4) is 0 Å². The van der Waals surface area contributed by atoms with Crippen LogP contribution in [0.4, 0.5) is 17.3 Å². The topological polar surface area (TPSA) is 66.9 Å². The summed E-state index contributed by atoms with van der Waals surface area (Å²) in [5, 5.41) is 6.12. The Hall–Kier alpha value is -3.21. The number of aromatic nitrogens is 2. The van der Waals surface area contributed by atoms with E-state index in [-0.39, 0.29) is 5.91 Å². The molecule has 2 aromatic carbocycles. The van der Waals surface area contributed by atoms with Crippen LogP contribution >= 0.6 is 0 Å². The van der Waals surface area contributed by atoms with Gasteiger partial charge in [0.25, 0.3) is 5.91 Å². The van der Waals surface area contributed by atoms with Gasteiger partial charge in [0.15, 0.2) is 0 Å². The summed E-state index contributed by atoms with van der Waals surface area (Å²) in [7, 11) is 0. The van der Waals surface area contributed by atoms with Gasteiger partial charge in [-0.1, -0.05) is 31.5 Å². The van der Waals surface area contributed by atoms with E-state index in [1.807, 2.05) is 44.2 Å². The molecular weight excluding hydrogens is 348 g/mol. The summed E-state index contributed by atoms with van der Waals surface area (Å²) in [4.78, 5) is 21.4. The predicted octanol–water partition coefficient (Wildman–Crippen LogP) is 5.43. The summed E-state index contributed by atoms with van der Waals surface area (Å²) >= 11 is 0. The number of hydrogen-bond acceptors (Lipinski definition) is 4. The Kier molecular flexibility index (Phi) is 6.37. The zero-order valence-electron chi connectivity index (χ0n) is 16.6. The Balaban J connectivity index is 1.68. The van der Waals surface area contributed by atoms with Gasteiger partial charge in [-0.25, -0.2) is 9.97 Å². The average molecular weight is 374 g/mol. The molecule has 0 aliphatic heterocycles. The summed E-state index contributed by atoms with van der Waals surface area (Å²) in [6.45, 7) is 6.04. The molecule has 1 aromatic heterocycles. The molecule has 0 bridgehead atoms. The maximum Gasteiger partial charge on any atom is 0.255 e. The van der Waals surface area contributed by atoms with E-state index >= 15 is 0 Å². The molecule has 0 saturated carbocycles. The lowest BCUT2D eigenvalue weighted by molar-refractivity contribution is 0.102. The van der Waals surface area contributed by atoms with Gasteiger partial charge in [0.05, 0.1) is 0 Å². The maximum atomic E-state index is 12.6. The van der Waals surface area contributed by atoms with Gasteiger partial charge in [-0.05, 0) is 68.7 Å². The van der Waals surface area contributed by atoms with Crippen molar-refractivity contribution in [2.45, 2.75) is 40.0 Å². The number of nitrogens with one attached hydrogen (secondary N) is 2. The number of rotatable bonds is 7. The molecule has 2 N–H and O–H groups in total. The number of anilines is 3. The van der Waals surface area contributed by atoms with Crippen LogP contribution in [0.3, 0.4) is 0 Å². The normalized spacial score (nSPS) is 10.5. The van der Waals surface area contributed by atoms with Crippen LogP contribution < -0.4 is 10.6 Å². The van der Waals surface area contributed by atoms with Crippen molar-refractivity contribution in [3.63, 3.8) is 0 Å². The Morgan fingerprint density at radius 3 is 2.32 bits per heavy atom. The lowest BCUT2D eigenvalue weighted by atomic mass is 10.1. The smallest absolute Gasteiger partial charge is 0.255 e. The highest BCUT2D eigenvalue weighted by atomic mass is 16.1. The standard InChI is InChI=1S/C23H26N4O/c1-4-5-7-18-10-12-20(13-11-18)26-22(28)19-8-6-9-21(15-19)27-23-24-16(2)14-17(3)25-23/h6,8-15H,4-5,7H2,1-3H3,(H,26,28)(H,24,25,27). The minimum atomic E-state index is -0.147. The molecule has 0 fully saturated rings. The van der Waals surface area contributed by atoms with Crippen molar-refractivity contribution in [3.05, 3.63) is 77.1 Å². The first-order valence-electron chi connectivity index (χ1n) is 9.63. The fraction of sp³-hybridized carbons (Fsp3) is 0.261. The fourth-order valence-corrected chi connectivity index (χ4v) is 2.99. The van der Waals surface area contributed by atoms with Crippen molar-refractivity contribution < 1.29 is 4.79 Å². The van der Waals surface area contributed by atoms with E-state index < -0.39 is 0 Å². The zero-order chi connectivity index (χ0) is 19.9. The van der Waals surface area contributed by atoms with E-state index in [4.69, 9.17) is 0 Å². The molecule has 0 spiro atoms. The molecule has 144 valence electrons. The second kappa shape index (κ2) is 9.13. The Morgan fingerprint density at radius 1 is 0.929 bits per heavy atom. The SMILES string of the molecule is CCCCc1ccc(NC(=O)c2cccc(Nc3nc(C)cc(C)n3)c2)cc1. The summed E-state index contributed by atoms with van der Waals surface area (Å²) in [5.74, 6) is 0.379. The first kappa shape index (κ1) is 19.5. The molecule has 3 rings (SSSR count). The third kappa shape index (κ3) is 5.39. The highest BCUT2D eigenvalue weighted by Gasteiger charge is 2.08. The van der Waals surface area contributed by atoms with Gasteiger partial charge < -0.3 is 10.6 Å². The fourth-order valence-electron chi connectivity index (χ4n) is 2.99. The van der Waals surface area contributed by atoms with Crippen LogP contribution in [-0.4, -0.2) is 15.9 Å². The summed E-state index contributed by atoms with van der Waals surface area (Å²) < 4.78 is 0. The monoisotopic (exact) mass is 374 g/mol. The van der Waals surface area contributed by atoms with Gasteiger partial charge in [-0.15, -0.1) is 0 Å². The number of benzene rings is 2. The molecule has 0 aliphatic carbocycles. The molecule has 0 unspecified atom stereocenters. The van der Waals surface area contributed by atoms with E-state index in [1.54, 1.807) is 12.1 Å². The minimum Gasteiger partial charge on any atom is -0.324 e. The Labute approximate surface area is 166 Å². The van der Waals surface area contributed by atoms with Crippen LogP contribution in [-0.2, 0) is 6.42 Å². The lowest BCUT2D eigenvalue weighted by Crippen LogP contribution is -2.12. The second-order valence-electron chi connectivity index (χ2n) is 6.93. The maximum absolute atomic E-state index is 12.6. The van der Waals surface area contributed by atoms with E-state index in [0.717, 1.165) is 29.2 Å². The Morgan fingerprint density at radius 2 is 1.64 bits per heavy atom. The van der Waals surface area contributed by atoms with E-state index in [0.29, 0.717) is 11.5 Å². The van der Waals surface area contributed by atoms with Crippen molar-refractivity contribution >= 4 is 23.2 Å². The molecule has 3 aromatic rings. The van der Waals surface area contributed by atoms with Crippen LogP contribution in [0.5, 0.6) is 0 Å². The molecule has 5 nitrogen and oxygen atoms in total. The van der Waals surface area contributed by atoms with Crippen molar-refractivity contribution in [1.82, 2.24) is 9.97 Å². The molecule has 0 saturated heterocycles. The average Bonchev–Trinajstić information content (AvgIpc) is 2.67. The van der Waals surface area contributed by atoms with Gasteiger partial charge in [-0.2, -0.15) is 0 Å². The molecular formula is C23H26N4O. The third-order valence-electron chi connectivity index (χ3n) is 4.39. The summed E-state index contributed by atoms with van der Waals surface area (Å²) in [6, 6.07) is 17.3. The first-order valence-corrected chi connectivity index (χ1v) is 9.63. The van der Waals surface area contributed by atoms with Crippen LogP contribution in [0.25, 0.3) is 0 Å². The van der Waals surface area contributed by atoms with Crippen LogP contribution in [0, 0.1) is 13.8 Å².